The average molecular weight is 213 g/mol. The molecule has 0 amide bonds. The first-order valence-corrected chi connectivity index (χ1v) is 1.91. The molecule has 54 valence electrons. The third kappa shape index (κ3) is 11.0. The predicted molar refractivity (Wildman–Crippen MR) is 44.5 cm³/mol. The molecule has 0 saturated carbocycles. The van der Waals surface area contributed by atoms with Gasteiger partial charge in [0.05, 0.1) is 0 Å². The molecule has 1 heteroatoms. The minimum Gasteiger partial charge on any atom is -0.358 e. The van der Waals surface area contributed by atoms with Gasteiger partial charge in [-0.1, -0.05) is 0 Å². The van der Waals surface area contributed by atoms with Crippen LogP contribution >= 0.6 is 0 Å². The molecule has 0 nitrogen and oxygen atoms in total. The van der Waals surface area contributed by atoms with Crippen LogP contribution in [0, 0.1) is 28.3 Å². The van der Waals surface area contributed by atoms with Crippen LogP contribution in [-0.2, 0) is 26.2 Å². The standard InChI is InChI=1S/C6H5.3CH3.Zr/c1-2-4-6-5-3-1;;;;/h1-5H;3*1H3;/q4*-1;+4. The molecule has 0 spiro atoms. The van der Waals surface area contributed by atoms with Gasteiger partial charge < -0.3 is 22.3 Å². The van der Waals surface area contributed by atoms with Gasteiger partial charge in [0, 0.05) is 0 Å². The minimum absolute atomic E-state index is 0. The van der Waals surface area contributed by atoms with E-state index < -0.39 is 0 Å². The number of benzene rings is 1. The Morgan fingerprint density at radius 3 is 1.20 bits per heavy atom. The Morgan fingerprint density at radius 2 is 1.10 bits per heavy atom. The van der Waals surface area contributed by atoms with Gasteiger partial charge in [-0.3, -0.25) is 0 Å². The van der Waals surface area contributed by atoms with Crippen molar-refractivity contribution in [2.24, 2.45) is 0 Å². The van der Waals surface area contributed by atoms with Gasteiger partial charge in [0.1, 0.15) is 0 Å². The Balaban J connectivity index is -0.0000000450. The molecule has 0 atom stereocenters. The summed E-state index contributed by atoms with van der Waals surface area (Å²) in [5, 5.41) is 0. The number of hydrogen-bond donors (Lipinski definition) is 0. The van der Waals surface area contributed by atoms with Crippen molar-refractivity contribution in [2.75, 3.05) is 0 Å². The summed E-state index contributed by atoms with van der Waals surface area (Å²) in [4.78, 5) is 0. The Hall–Kier alpha value is 0.103. The summed E-state index contributed by atoms with van der Waals surface area (Å²) in [6.45, 7) is 0. The van der Waals surface area contributed by atoms with E-state index in [0.717, 1.165) is 0 Å². The molecular formula is C9H14Zr. The molecule has 0 bridgehead atoms. The molecule has 0 fully saturated rings. The summed E-state index contributed by atoms with van der Waals surface area (Å²) in [5.41, 5.74) is 0. The molecule has 0 aliphatic rings. The third-order valence-corrected chi connectivity index (χ3v) is 0.607. The zero-order chi connectivity index (χ0) is 4.24. The van der Waals surface area contributed by atoms with E-state index >= 15 is 0 Å². The van der Waals surface area contributed by atoms with E-state index in [9.17, 15) is 0 Å². The van der Waals surface area contributed by atoms with Crippen LogP contribution in [0.1, 0.15) is 0 Å². The van der Waals surface area contributed by atoms with Gasteiger partial charge in [-0.15, -0.1) is 0 Å². The summed E-state index contributed by atoms with van der Waals surface area (Å²) in [5.74, 6) is 0. The molecule has 1 rings (SSSR count). The Morgan fingerprint density at radius 1 is 0.700 bits per heavy atom. The Labute approximate surface area is 84.8 Å². The molecule has 10 heavy (non-hydrogen) atoms. The SMILES string of the molecule is [CH3-].[CH3-].[CH3-].[Zr+4].[c-]1ccccc1. The Bertz CT molecular complexity index is 76.7. The van der Waals surface area contributed by atoms with E-state index in [1.165, 1.54) is 0 Å². The first-order chi connectivity index (χ1) is 3.00. The van der Waals surface area contributed by atoms with Gasteiger partial charge in [0.25, 0.3) is 0 Å². The van der Waals surface area contributed by atoms with Crippen molar-refractivity contribution < 1.29 is 26.2 Å². The van der Waals surface area contributed by atoms with Gasteiger partial charge in [0.15, 0.2) is 0 Å². The topological polar surface area (TPSA) is 0 Å². The fourth-order valence-corrected chi connectivity index (χ4v) is 0.342. The molecule has 1 aromatic rings. The maximum atomic E-state index is 2.89. The molecular weight excluding hydrogens is 199 g/mol. The fraction of sp³-hybridized carbons (Fsp3) is 0. The monoisotopic (exact) mass is 212 g/mol. The van der Waals surface area contributed by atoms with E-state index in [4.69, 9.17) is 0 Å². The van der Waals surface area contributed by atoms with Gasteiger partial charge in [-0.05, 0) is 0 Å². The maximum absolute atomic E-state index is 2.89. The summed E-state index contributed by atoms with van der Waals surface area (Å²) in [7, 11) is 0. The van der Waals surface area contributed by atoms with Crippen LogP contribution < -0.4 is 0 Å². The second kappa shape index (κ2) is 16.0. The van der Waals surface area contributed by atoms with Crippen LogP contribution in [-0.4, -0.2) is 0 Å². The summed E-state index contributed by atoms with van der Waals surface area (Å²) in [6, 6.07) is 12.5. The van der Waals surface area contributed by atoms with Gasteiger partial charge in [-0.2, -0.15) is 36.4 Å². The van der Waals surface area contributed by atoms with Crippen LogP contribution in [0.5, 0.6) is 0 Å². The van der Waals surface area contributed by atoms with E-state index in [2.05, 4.69) is 6.07 Å². The second-order valence-electron chi connectivity index (χ2n) is 1.08. The van der Waals surface area contributed by atoms with Crippen molar-refractivity contribution in [3.05, 3.63) is 58.7 Å². The predicted octanol–water partition coefficient (Wildman–Crippen LogP) is 2.84. The minimum atomic E-state index is 0. The van der Waals surface area contributed by atoms with E-state index in [0.29, 0.717) is 0 Å². The number of rotatable bonds is 0. The molecule has 0 saturated heterocycles. The second-order valence-corrected chi connectivity index (χ2v) is 1.08. The van der Waals surface area contributed by atoms with E-state index in [-0.39, 0.29) is 48.5 Å². The van der Waals surface area contributed by atoms with Crippen molar-refractivity contribution >= 4 is 0 Å². The molecule has 0 aliphatic carbocycles. The summed E-state index contributed by atoms with van der Waals surface area (Å²) in [6.07, 6.45) is 0. The third-order valence-electron chi connectivity index (χ3n) is 0.607. The molecule has 0 aromatic heterocycles. The van der Waals surface area contributed by atoms with Crippen LogP contribution in [0.15, 0.2) is 30.3 Å². The zero-order valence-electron chi connectivity index (χ0n) is 6.89. The van der Waals surface area contributed by atoms with Crippen LogP contribution in [0.25, 0.3) is 0 Å². The summed E-state index contributed by atoms with van der Waals surface area (Å²) >= 11 is 0. The molecule has 0 aliphatic heterocycles. The zero-order valence-corrected chi connectivity index (χ0v) is 9.34. The van der Waals surface area contributed by atoms with Crippen LogP contribution in [0.3, 0.4) is 0 Å². The van der Waals surface area contributed by atoms with Crippen molar-refractivity contribution in [3.63, 3.8) is 0 Å². The maximum Gasteiger partial charge on any atom is 4.00 e. The average Bonchev–Trinajstić information content (AvgIpc) is 1.72. The van der Waals surface area contributed by atoms with E-state index in [1.54, 1.807) is 0 Å². The van der Waals surface area contributed by atoms with E-state index in [1.807, 2.05) is 30.3 Å². The molecule has 1 aromatic carbocycles. The van der Waals surface area contributed by atoms with Gasteiger partial charge >= 0.3 is 26.2 Å². The Kier molecular flexibility index (Phi) is 36.1. The van der Waals surface area contributed by atoms with Gasteiger partial charge in [0.2, 0.25) is 0 Å². The van der Waals surface area contributed by atoms with Crippen molar-refractivity contribution in [3.8, 4) is 0 Å². The number of hydrogen-bond acceptors (Lipinski definition) is 0. The first-order valence-electron chi connectivity index (χ1n) is 1.91. The van der Waals surface area contributed by atoms with Crippen molar-refractivity contribution in [1.29, 1.82) is 0 Å². The normalized spacial score (nSPS) is 4.80. The van der Waals surface area contributed by atoms with Crippen molar-refractivity contribution in [2.45, 2.75) is 0 Å². The van der Waals surface area contributed by atoms with Gasteiger partial charge in [-0.25, -0.2) is 0 Å². The first kappa shape index (κ1) is 22.5. The largest absolute Gasteiger partial charge is 4.00 e. The summed E-state index contributed by atoms with van der Waals surface area (Å²) < 4.78 is 0. The smallest absolute Gasteiger partial charge is 0.358 e. The molecule has 0 N–H and O–H groups in total. The molecule has 0 heterocycles. The van der Waals surface area contributed by atoms with Crippen LogP contribution in [0.2, 0.25) is 0 Å². The fourth-order valence-electron chi connectivity index (χ4n) is 0.342. The van der Waals surface area contributed by atoms with Crippen LogP contribution in [0.4, 0.5) is 0 Å². The quantitative estimate of drug-likeness (QED) is 0.581. The molecule has 0 unspecified atom stereocenters. The van der Waals surface area contributed by atoms with Crippen molar-refractivity contribution in [1.82, 2.24) is 0 Å². The molecule has 0 radical (unpaired) electrons.